The van der Waals surface area contributed by atoms with Crippen molar-refractivity contribution in [2.75, 3.05) is 0 Å². The SMILES string of the molecule is CCCn1ncc(Br)c1C(O)c1ccc(Br)cc1Br. The molecule has 1 heterocycles. The van der Waals surface area contributed by atoms with Gasteiger partial charge in [-0.25, -0.2) is 0 Å². The van der Waals surface area contributed by atoms with Crippen LogP contribution in [0.2, 0.25) is 0 Å². The van der Waals surface area contributed by atoms with Gasteiger partial charge in [-0.3, -0.25) is 4.68 Å². The van der Waals surface area contributed by atoms with E-state index in [0.717, 1.165) is 37.6 Å². The summed E-state index contributed by atoms with van der Waals surface area (Å²) in [5.74, 6) is 0. The van der Waals surface area contributed by atoms with Crippen molar-refractivity contribution in [3.05, 3.63) is 49.1 Å². The number of aliphatic hydroxyl groups is 1. The van der Waals surface area contributed by atoms with E-state index in [-0.39, 0.29) is 0 Å². The first kappa shape index (κ1) is 15.2. The van der Waals surface area contributed by atoms with Gasteiger partial charge in [0.05, 0.1) is 16.4 Å². The lowest BCUT2D eigenvalue weighted by Crippen LogP contribution is -2.11. The van der Waals surface area contributed by atoms with E-state index in [9.17, 15) is 5.11 Å². The monoisotopic (exact) mass is 450 g/mol. The highest BCUT2D eigenvalue weighted by atomic mass is 79.9. The molecule has 0 radical (unpaired) electrons. The minimum absolute atomic E-state index is 0.717. The van der Waals surface area contributed by atoms with Crippen LogP contribution in [0.4, 0.5) is 0 Å². The molecule has 3 nitrogen and oxygen atoms in total. The molecule has 19 heavy (non-hydrogen) atoms. The summed E-state index contributed by atoms with van der Waals surface area (Å²) in [5, 5.41) is 14.9. The van der Waals surface area contributed by atoms with E-state index >= 15 is 0 Å². The molecule has 6 heteroatoms. The van der Waals surface area contributed by atoms with Gasteiger partial charge in [-0.1, -0.05) is 44.8 Å². The first-order valence-corrected chi connectivity index (χ1v) is 8.26. The number of halogens is 3. The van der Waals surface area contributed by atoms with E-state index < -0.39 is 6.10 Å². The van der Waals surface area contributed by atoms with Crippen molar-refractivity contribution >= 4 is 47.8 Å². The van der Waals surface area contributed by atoms with E-state index in [4.69, 9.17) is 0 Å². The molecule has 0 saturated heterocycles. The summed E-state index contributed by atoms with van der Waals surface area (Å²) in [7, 11) is 0. The van der Waals surface area contributed by atoms with Crippen molar-refractivity contribution in [3.63, 3.8) is 0 Å². The summed E-state index contributed by atoms with van der Waals surface area (Å²) in [5.41, 5.74) is 1.60. The second-order valence-corrected chi connectivity index (χ2v) is 6.79. The zero-order valence-electron chi connectivity index (χ0n) is 10.3. The fraction of sp³-hybridized carbons (Fsp3) is 0.308. The Morgan fingerprint density at radius 1 is 1.26 bits per heavy atom. The fourth-order valence-electron chi connectivity index (χ4n) is 1.90. The summed E-state index contributed by atoms with van der Waals surface area (Å²) >= 11 is 10.4. The lowest BCUT2D eigenvalue weighted by Gasteiger charge is -2.16. The largest absolute Gasteiger partial charge is 0.382 e. The molecule has 1 aromatic carbocycles. The molecular formula is C13H13Br3N2O. The Balaban J connectivity index is 2.43. The molecule has 1 unspecified atom stereocenters. The van der Waals surface area contributed by atoms with Crippen LogP contribution in [0, 0.1) is 0 Å². The van der Waals surface area contributed by atoms with Gasteiger partial charge in [0.15, 0.2) is 0 Å². The molecule has 1 atom stereocenters. The molecule has 0 saturated carbocycles. The summed E-state index contributed by atoms with van der Waals surface area (Å²) in [6.07, 6.45) is 1.97. The topological polar surface area (TPSA) is 38.0 Å². The number of nitrogens with zero attached hydrogens (tertiary/aromatic N) is 2. The second-order valence-electron chi connectivity index (χ2n) is 4.17. The molecule has 0 aliphatic rings. The number of aliphatic hydroxyl groups excluding tert-OH is 1. The van der Waals surface area contributed by atoms with Crippen molar-refractivity contribution in [2.45, 2.75) is 26.0 Å². The van der Waals surface area contributed by atoms with Crippen LogP contribution in [-0.4, -0.2) is 14.9 Å². The third-order valence-corrected chi connectivity index (χ3v) is 4.58. The Morgan fingerprint density at radius 2 is 2.00 bits per heavy atom. The molecule has 0 spiro atoms. The third-order valence-electron chi connectivity index (χ3n) is 2.78. The van der Waals surface area contributed by atoms with Crippen LogP contribution in [0.25, 0.3) is 0 Å². The standard InChI is InChI=1S/C13H13Br3N2O/c1-2-5-18-12(11(16)7-17-18)13(19)9-4-3-8(14)6-10(9)15/h3-4,6-7,13,19H,2,5H2,1H3. The predicted molar refractivity (Wildman–Crippen MR) is 86.1 cm³/mol. The Labute approximate surface area is 137 Å². The summed E-state index contributed by atoms with van der Waals surface area (Å²) < 4.78 is 4.49. The van der Waals surface area contributed by atoms with Crippen molar-refractivity contribution < 1.29 is 5.11 Å². The van der Waals surface area contributed by atoms with Gasteiger partial charge >= 0.3 is 0 Å². The Hall–Kier alpha value is -0.170. The first-order chi connectivity index (χ1) is 9.04. The molecular weight excluding hydrogens is 440 g/mol. The quantitative estimate of drug-likeness (QED) is 0.732. The first-order valence-electron chi connectivity index (χ1n) is 5.88. The van der Waals surface area contributed by atoms with Crippen molar-refractivity contribution in [1.82, 2.24) is 9.78 Å². The molecule has 0 aliphatic carbocycles. The Bertz CT molecular complexity index is 583. The van der Waals surface area contributed by atoms with Crippen LogP contribution >= 0.6 is 47.8 Å². The zero-order valence-corrected chi connectivity index (χ0v) is 15.0. The normalized spacial score (nSPS) is 12.7. The Kier molecular flexibility index (Phi) is 5.22. The van der Waals surface area contributed by atoms with Crippen molar-refractivity contribution in [2.24, 2.45) is 0 Å². The number of benzene rings is 1. The average molecular weight is 453 g/mol. The van der Waals surface area contributed by atoms with Gasteiger partial charge in [0.1, 0.15) is 6.10 Å². The highest BCUT2D eigenvalue weighted by molar-refractivity contribution is 9.11. The zero-order chi connectivity index (χ0) is 14.0. The molecule has 0 amide bonds. The lowest BCUT2D eigenvalue weighted by atomic mass is 10.1. The van der Waals surface area contributed by atoms with Gasteiger partial charge in [-0.15, -0.1) is 0 Å². The number of aryl methyl sites for hydroxylation is 1. The van der Waals surface area contributed by atoms with Gasteiger partial charge in [0.25, 0.3) is 0 Å². The molecule has 1 N–H and O–H groups in total. The van der Waals surface area contributed by atoms with Crippen LogP contribution in [-0.2, 0) is 6.54 Å². The van der Waals surface area contributed by atoms with Crippen LogP contribution in [0.5, 0.6) is 0 Å². The maximum Gasteiger partial charge on any atom is 0.123 e. The van der Waals surface area contributed by atoms with Gasteiger partial charge in [-0.05, 0) is 34.5 Å². The van der Waals surface area contributed by atoms with Crippen molar-refractivity contribution in [1.29, 1.82) is 0 Å². The van der Waals surface area contributed by atoms with Gasteiger partial charge < -0.3 is 5.11 Å². The third kappa shape index (κ3) is 3.29. The molecule has 102 valence electrons. The summed E-state index contributed by atoms with van der Waals surface area (Å²) in [6.45, 7) is 2.87. The van der Waals surface area contributed by atoms with Crippen LogP contribution in [0.3, 0.4) is 0 Å². The van der Waals surface area contributed by atoms with Gasteiger partial charge in [0.2, 0.25) is 0 Å². The molecule has 0 bridgehead atoms. The molecule has 2 aromatic rings. The van der Waals surface area contributed by atoms with Gasteiger partial charge in [-0.2, -0.15) is 5.10 Å². The Morgan fingerprint density at radius 3 is 2.63 bits per heavy atom. The average Bonchev–Trinajstić information content (AvgIpc) is 2.70. The second kappa shape index (κ2) is 6.52. The molecule has 2 rings (SSSR count). The summed E-state index contributed by atoms with van der Waals surface area (Å²) in [4.78, 5) is 0. The minimum Gasteiger partial charge on any atom is -0.382 e. The lowest BCUT2D eigenvalue weighted by molar-refractivity contribution is 0.206. The molecule has 0 fully saturated rings. The predicted octanol–water partition coefficient (Wildman–Crippen LogP) is 4.66. The number of aromatic nitrogens is 2. The highest BCUT2D eigenvalue weighted by Gasteiger charge is 2.21. The number of hydrogen-bond acceptors (Lipinski definition) is 2. The van der Waals surface area contributed by atoms with Crippen molar-refractivity contribution in [3.8, 4) is 0 Å². The fourth-order valence-corrected chi connectivity index (χ4v) is 3.68. The maximum atomic E-state index is 10.6. The van der Waals surface area contributed by atoms with Crippen LogP contribution in [0.1, 0.15) is 30.7 Å². The highest BCUT2D eigenvalue weighted by Crippen LogP contribution is 2.34. The van der Waals surface area contributed by atoms with E-state index in [1.54, 1.807) is 6.20 Å². The summed E-state index contributed by atoms with van der Waals surface area (Å²) in [6, 6.07) is 5.74. The minimum atomic E-state index is -0.717. The van der Waals surface area contributed by atoms with Crippen LogP contribution < -0.4 is 0 Å². The maximum absolute atomic E-state index is 10.6. The molecule has 1 aromatic heterocycles. The van der Waals surface area contributed by atoms with E-state index in [1.807, 2.05) is 22.9 Å². The molecule has 0 aliphatic heterocycles. The van der Waals surface area contributed by atoms with E-state index in [0.29, 0.717) is 0 Å². The number of hydrogen-bond donors (Lipinski definition) is 1. The smallest absolute Gasteiger partial charge is 0.123 e. The van der Waals surface area contributed by atoms with Gasteiger partial charge in [0, 0.05) is 21.1 Å². The van der Waals surface area contributed by atoms with Crippen LogP contribution in [0.15, 0.2) is 37.8 Å². The van der Waals surface area contributed by atoms with E-state index in [1.165, 1.54) is 0 Å². The number of rotatable bonds is 4. The van der Waals surface area contributed by atoms with E-state index in [2.05, 4.69) is 59.8 Å².